The maximum atomic E-state index is 2.42. The van der Waals surface area contributed by atoms with Crippen LogP contribution in [-0.4, -0.2) is 0 Å². The van der Waals surface area contributed by atoms with Crippen LogP contribution in [0.3, 0.4) is 0 Å². The van der Waals surface area contributed by atoms with E-state index in [2.05, 4.69) is 34.6 Å². The van der Waals surface area contributed by atoms with E-state index in [4.69, 9.17) is 0 Å². The van der Waals surface area contributed by atoms with Gasteiger partial charge in [-0.25, -0.2) is 0 Å². The molecule has 0 aliphatic rings. The maximum Gasteiger partial charge on any atom is -0.0305 e. The maximum absolute atomic E-state index is 2.42. The molecule has 0 saturated carbocycles. The number of rotatable bonds is 5. The molecule has 0 bridgehead atoms. The third-order valence-corrected chi connectivity index (χ3v) is 3.30. The van der Waals surface area contributed by atoms with Crippen molar-refractivity contribution in [2.45, 2.75) is 60.3 Å². The fourth-order valence-corrected chi connectivity index (χ4v) is 1.45. The third kappa shape index (κ3) is 3.27. The summed E-state index contributed by atoms with van der Waals surface area (Å²) < 4.78 is 0. The first-order chi connectivity index (χ1) is 5.06. The van der Waals surface area contributed by atoms with Crippen molar-refractivity contribution >= 4 is 0 Å². The fraction of sp³-hybridized carbons (Fsp3) is 1.00. The van der Waals surface area contributed by atoms with E-state index in [1.807, 2.05) is 0 Å². The lowest BCUT2D eigenvalue weighted by molar-refractivity contribution is 0.185. The van der Waals surface area contributed by atoms with Gasteiger partial charge in [-0.3, -0.25) is 0 Å². The van der Waals surface area contributed by atoms with Crippen molar-refractivity contribution < 1.29 is 0 Å². The van der Waals surface area contributed by atoms with Crippen LogP contribution in [0, 0.1) is 11.3 Å². The van der Waals surface area contributed by atoms with Crippen LogP contribution in [0.15, 0.2) is 0 Å². The van der Waals surface area contributed by atoms with Crippen LogP contribution >= 0.6 is 0 Å². The Bertz CT molecular complexity index is 94.2. The molecule has 0 aromatic heterocycles. The molecule has 11 heavy (non-hydrogen) atoms. The summed E-state index contributed by atoms with van der Waals surface area (Å²) in [6, 6.07) is 0. The molecule has 0 aromatic carbocycles. The lowest BCUT2D eigenvalue weighted by atomic mass is 9.73. The molecule has 0 heteroatoms. The van der Waals surface area contributed by atoms with Crippen LogP contribution in [0.25, 0.3) is 0 Å². The Kier molecular flexibility index (Phi) is 4.79. The van der Waals surface area contributed by atoms with E-state index in [9.17, 15) is 0 Å². The van der Waals surface area contributed by atoms with Gasteiger partial charge in [0.1, 0.15) is 0 Å². The van der Waals surface area contributed by atoms with Crippen molar-refractivity contribution in [2.24, 2.45) is 11.3 Å². The predicted molar refractivity (Wildman–Crippen MR) is 52.8 cm³/mol. The van der Waals surface area contributed by atoms with Gasteiger partial charge in [0, 0.05) is 0 Å². The van der Waals surface area contributed by atoms with E-state index in [0.717, 1.165) is 5.92 Å². The Balaban J connectivity index is 3.88. The SMILES string of the molecule is CCCC[C@](C)(CC)C(C)C. The van der Waals surface area contributed by atoms with E-state index < -0.39 is 0 Å². The highest BCUT2D eigenvalue weighted by atomic mass is 14.3. The quantitative estimate of drug-likeness (QED) is 0.558. The average Bonchev–Trinajstić information content (AvgIpc) is 2.00. The van der Waals surface area contributed by atoms with Gasteiger partial charge in [0.15, 0.2) is 0 Å². The summed E-state index contributed by atoms with van der Waals surface area (Å²) >= 11 is 0. The molecule has 0 amide bonds. The normalized spacial score (nSPS) is 16.9. The van der Waals surface area contributed by atoms with Crippen molar-refractivity contribution in [1.82, 2.24) is 0 Å². The van der Waals surface area contributed by atoms with Gasteiger partial charge < -0.3 is 0 Å². The van der Waals surface area contributed by atoms with Gasteiger partial charge in [0.2, 0.25) is 0 Å². The van der Waals surface area contributed by atoms with E-state index in [0.29, 0.717) is 5.41 Å². The summed E-state index contributed by atoms with van der Waals surface area (Å²) in [6.07, 6.45) is 5.45. The standard InChI is InChI=1S/C11H24/c1-6-8-9-11(5,7-2)10(3)4/h10H,6-9H2,1-5H3/t11-/m0/s1. The molecule has 0 unspecified atom stereocenters. The minimum Gasteiger partial charge on any atom is -0.0654 e. The number of unbranched alkanes of at least 4 members (excludes halogenated alkanes) is 1. The number of hydrogen-bond acceptors (Lipinski definition) is 0. The lowest BCUT2D eigenvalue weighted by Gasteiger charge is -2.32. The minimum absolute atomic E-state index is 0.593. The molecule has 0 heterocycles. The van der Waals surface area contributed by atoms with Crippen molar-refractivity contribution in [2.75, 3.05) is 0 Å². The molecule has 0 fully saturated rings. The Morgan fingerprint density at radius 3 is 2.00 bits per heavy atom. The molecule has 68 valence electrons. The molecular weight excluding hydrogens is 132 g/mol. The molecule has 0 saturated heterocycles. The molecule has 1 atom stereocenters. The third-order valence-electron chi connectivity index (χ3n) is 3.30. The zero-order valence-corrected chi connectivity index (χ0v) is 8.91. The van der Waals surface area contributed by atoms with E-state index in [-0.39, 0.29) is 0 Å². The largest absolute Gasteiger partial charge is 0.0654 e. The Morgan fingerprint density at radius 2 is 1.73 bits per heavy atom. The van der Waals surface area contributed by atoms with Gasteiger partial charge in [-0.1, -0.05) is 53.9 Å². The molecule has 0 aliphatic carbocycles. The summed E-state index contributed by atoms with van der Waals surface area (Å²) in [7, 11) is 0. The van der Waals surface area contributed by atoms with Gasteiger partial charge in [-0.05, 0) is 17.8 Å². The van der Waals surface area contributed by atoms with Crippen LogP contribution in [0.4, 0.5) is 0 Å². The monoisotopic (exact) mass is 156 g/mol. The van der Waals surface area contributed by atoms with Crippen molar-refractivity contribution in [3.63, 3.8) is 0 Å². The van der Waals surface area contributed by atoms with E-state index in [1.54, 1.807) is 0 Å². The van der Waals surface area contributed by atoms with Gasteiger partial charge in [0.05, 0.1) is 0 Å². The van der Waals surface area contributed by atoms with Crippen LogP contribution in [0.1, 0.15) is 60.3 Å². The zero-order chi connectivity index (χ0) is 8.91. The summed E-state index contributed by atoms with van der Waals surface area (Å²) in [5, 5.41) is 0. The average molecular weight is 156 g/mol. The van der Waals surface area contributed by atoms with Crippen molar-refractivity contribution in [1.29, 1.82) is 0 Å². The molecule has 0 aromatic rings. The first-order valence-electron chi connectivity index (χ1n) is 5.06. The highest BCUT2D eigenvalue weighted by molar-refractivity contribution is 4.75. The van der Waals surface area contributed by atoms with Gasteiger partial charge in [0.25, 0.3) is 0 Å². The van der Waals surface area contributed by atoms with Gasteiger partial charge in [-0.15, -0.1) is 0 Å². The van der Waals surface area contributed by atoms with Crippen LogP contribution in [0.5, 0.6) is 0 Å². The highest BCUT2D eigenvalue weighted by Crippen LogP contribution is 2.35. The topological polar surface area (TPSA) is 0 Å². The first-order valence-corrected chi connectivity index (χ1v) is 5.06. The van der Waals surface area contributed by atoms with Gasteiger partial charge in [-0.2, -0.15) is 0 Å². The smallest absolute Gasteiger partial charge is 0.0305 e. The molecule has 0 radical (unpaired) electrons. The van der Waals surface area contributed by atoms with E-state index >= 15 is 0 Å². The summed E-state index contributed by atoms with van der Waals surface area (Å²) in [6.45, 7) is 11.7. The lowest BCUT2D eigenvalue weighted by Crippen LogP contribution is -2.22. The molecule has 0 nitrogen and oxygen atoms in total. The fourth-order valence-electron chi connectivity index (χ4n) is 1.45. The first kappa shape index (κ1) is 11.0. The summed E-state index contributed by atoms with van der Waals surface area (Å²) in [4.78, 5) is 0. The second-order valence-electron chi connectivity index (χ2n) is 4.27. The number of hydrogen-bond donors (Lipinski definition) is 0. The van der Waals surface area contributed by atoms with Crippen LogP contribution < -0.4 is 0 Å². The zero-order valence-electron chi connectivity index (χ0n) is 8.91. The molecular formula is C11H24. The summed E-state index contributed by atoms with van der Waals surface area (Å²) in [5.74, 6) is 0.832. The van der Waals surface area contributed by atoms with E-state index in [1.165, 1.54) is 25.7 Å². The second-order valence-corrected chi connectivity index (χ2v) is 4.27. The van der Waals surface area contributed by atoms with Crippen molar-refractivity contribution in [3.05, 3.63) is 0 Å². The Morgan fingerprint density at radius 1 is 1.18 bits per heavy atom. The predicted octanol–water partition coefficient (Wildman–Crippen LogP) is 4.25. The Hall–Kier alpha value is 0. The second kappa shape index (κ2) is 4.79. The van der Waals surface area contributed by atoms with Crippen molar-refractivity contribution in [3.8, 4) is 0 Å². The molecule has 0 rings (SSSR count). The van der Waals surface area contributed by atoms with Crippen LogP contribution in [-0.2, 0) is 0 Å². The molecule has 0 N–H and O–H groups in total. The molecule has 0 aliphatic heterocycles. The Labute approximate surface area is 72.4 Å². The van der Waals surface area contributed by atoms with Crippen LogP contribution in [0.2, 0.25) is 0 Å². The minimum atomic E-state index is 0.593. The summed E-state index contributed by atoms with van der Waals surface area (Å²) in [5.41, 5.74) is 0.593. The van der Waals surface area contributed by atoms with Gasteiger partial charge >= 0.3 is 0 Å². The molecule has 0 spiro atoms. The highest BCUT2D eigenvalue weighted by Gasteiger charge is 2.24.